The Labute approximate surface area is 219 Å². The van der Waals surface area contributed by atoms with Crippen molar-refractivity contribution >= 4 is 5.91 Å². The number of methoxy groups -OCH3 is 1. The predicted molar refractivity (Wildman–Crippen MR) is 140 cm³/mol. The number of morpholine rings is 1. The Bertz CT molecular complexity index is 954. The molecule has 2 aliphatic rings. The molecule has 2 fully saturated rings. The summed E-state index contributed by atoms with van der Waals surface area (Å²) in [6.07, 6.45) is 0. The summed E-state index contributed by atoms with van der Waals surface area (Å²) in [7, 11) is 1.50. The number of hydrogen-bond acceptors (Lipinski definition) is 8. The molecule has 0 aliphatic carbocycles. The second-order valence-electron chi connectivity index (χ2n) is 9.73. The fraction of sp³-hybridized carbons (Fsp3) is 0.536. The van der Waals surface area contributed by atoms with E-state index in [0.29, 0.717) is 38.5 Å². The molecule has 37 heavy (non-hydrogen) atoms. The van der Waals surface area contributed by atoms with E-state index in [-0.39, 0.29) is 25.7 Å². The monoisotopic (exact) mass is 513 g/mol. The molecule has 2 heterocycles. The van der Waals surface area contributed by atoms with Gasteiger partial charge in [-0.05, 0) is 29.8 Å². The Morgan fingerprint density at radius 2 is 1.65 bits per heavy atom. The minimum absolute atomic E-state index is 0.0113. The van der Waals surface area contributed by atoms with E-state index in [2.05, 4.69) is 21.9 Å². The maximum atomic E-state index is 12.6. The van der Waals surface area contributed by atoms with Crippen molar-refractivity contribution < 1.29 is 28.8 Å². The Balaban J connectivity index is 1.34. The van der Waals surface area contributed by atoms with Gasteiger partial charge >= 0.3 is 0 Å². The Hall–Kier alpha value is -2.69. The van der Waals surface area contributed by atoms with Crippen molar-refractivity contribution in [2.24, 2.45) is 0 Å². The molecule has 1 atom stereocenters. The number of ether oxygens (including phenoxy) is 4. The first-order valence-electron chi connectivity index (χ1n) is 12.9. The third-order valence-electron chi connectivity index (χ3n) is 6.67. The molecule has 2 aliphatic heterocycles. The lowest BCUT2D eigenvalue weighted by molar-refractivity contribution is -0.138. The second kappa shape index (κ2) is 13.7. The van der Waals surface area contributed by atoms with Crippen LogP contribution in [0, 0.1) is 0 Å². The van der Waals surface area contributed by atoms with Crippen LogP contribution in [-0.4, -0.2) is 117 Å². The number of carbonyl (C=O) groups is 1. The number of amides is 1. The highest BCUT2D eigenvalue weighted by molar-refractivity contribution is 5.77. The van der Waals surface area contributed by atoms with Crippen LogP contribution in [0.25, 0.3) is 0 Å². The molecule has 0 aromatic heterocycles. The zero-order chi connectivity index (χ0) is 25.9. The number of rotatable bonds is 11. The summed E-state index contributed by atoms with van der Waals surface area (Å²) in [5, 5.41) is 11.6. The van der Waals surface area contributed by atoms with Gasteiger partial charge in [0.2, 0.25) is 5.91 Å². The van der Waals surface area contributed by atoms with Gasteiger partial charge in [-0.1, -0.05) is 30.3 Å². The standard InChI is InChI=1S/C28H39N3O6/c1-34-20-27(32)31-12-11-30(21-28(33,22-31)23-37-25-5-3-2-4-6-25)19-24-7-9-26(10-8-24)36-18-15-29-13-16-35-17-14-29/h2-10,33H,11-23H2,1H3. The van der Waals surface area contributed by atoms with Gasteiger partial charge in [0.15, 0.2) is 0 Å². The van der Waals surface area contributed by atoms with Crippen LogP contribution in [0.2, 0.25) is 0 Å². The van der Waals surface area contributed by atoms with Crippen LogP contribution in [-0.2, 0) is 20.8 Å². The SMILES string of the molecule is COCC(=O)N1CCN(Cc2ccc(OCCN3CCOCC3)cc2)CC(O)(COc2ccccc2)C1. The average molecular weight is 514 g/mol. The number of para-hydroxylation sites is 1. The highest BCUT2D eigenvalue weighted by Gasteiger charge is 2.37. The molecular formula is C28H39N3O6. The molecule has 202 valence electrons. The third kappa shape index (κ3) is 8.69. The van der Waals surface area contributed by atoms with Gasteiger partial charge in [-0.25, -0.2) is 0 Å². The molecule has 1 N–H and O–H groups in total. The van der Waals surface area contributed by atoms with E-state index in [1.54, 1.807) is 4.90 Å². The number of hydrogen-bond donors (Lipinski definition) is 1. The first-order chi connectivity index (χ1) is 18.0. The zero-order valence-electron chi connectivity index (χ0n) is 21.7. The molecule has 2 saturated heterocycles. The summed E-state index contributed by atoms with van der Waals surface area (Å²) in [6.45, 7) is 7.46. The molecule has 2 aromatic carbocycles. The molecular weight excluding hydrogens is 474 g/mol. The Morgan fingerprint density at radius 3 is 2.38 bits per heavy atom. The van der Waals surface area contributed by atoms with Gasteiger partial charge in [0.1, 0.15) is 36.9 Å². The minimum atomic E-state index is -1.22. The van der Waals surface area contributed by atoms with Crippen LogP contribution in [0.4, 0.5) is 0 Å². The molecule has 9 nitrogen and oxygen atoms in total. The fourth-order valence-electron chi connectivity index (χ4n) is 4.70. The van der Waals surface area contributed by atoms with Gasteiger partial charge in [-0.2, -0.15) is 0 Å². The molecule has 9 heteroatoms. The topological polar surface area (TPSA) is 83.9 Å². The normalized spacial score (nSPS) is 21.4. The van der Waals surface area contributed by atoms with Gasteiger partial charge in [0.25, 0.3) is 0 Å². The van der Waals surface area contributed by atoms with Crippen LogP contribution in [0.1, 0.15) is 5.56 Å². The maximum Gasteiger partial charge on any atom is 0.248 e. The van der Waals surface area contributed by atoms with Gasteiger partial charge in [-0.15, -0.1) is 0 Å². The van der Waals surface area contributed by atoms with E-state index in [0.717, 1.165) is 44.2 Å². The molecule has 2 aromatic rings. The highest BCUT2D eigenvalue weighted by atomic mass is 16.5. The first-order valence-corrected chi connectivity index (χ1v) is 12.9. The molecule has 0 radical (unpaired) electrons. The summed E-state index contributed by atoms with van der Waals surface area (Å²) >= 11 is 0. The predicted octanol–water partition coefficient (Wildman–Crippen LogP) is 1.50. The molecule has 0 spiro atoms. The van der Waals surface area contributed by atoms with Crippen molar-refractivity contribution in [1.29, 1.82) is 0 Å². The minimum Gasteiger partial charge on any atom is -0.492 e. The highest BCUT2D eigenvalue weighted by Crippen LogP contribution is 2.21. The second-order valence-corrected chi connectivity index (χ2v) is 9.73. The van der Waals surface area contributed by atoms with E-state index < -0.39 is 5.60 Å². The van der Waals surface area contributed by atoms with Crippen molar-refractivity contribution in [3.05, 3.63) is 60.2 Å². The smallest absolute Gasteiger partial charge is 0.248 e. The largest absolute Gasteiger partial charge is 0.492 e. The van der Waals surface area contributed by atoms with Gasteiger partial charge in [0, 0.05) is 52.9 Å². The van der Waals surface area contributed by atoms with E-state index in [4.69, 9.17) is 18.9 Å². The van der Waals surface area contributed by atoms with E-state index in [1.807, 2.05) is 42.5 Å². The van der Waals surface area contributed by atoms with Crippen LogP contribution < -0.4 is 9.47 Å². The Morgan fingerprint density at radius 1 is 0.919 bits per heavy atom. The lowest BCUT2D eigenvalue weighted by Gasteiger charge is -2.33. The van der Waals surface area contributed by atoms with Gasteiger partial charge in [-0.3, -0.25) is 14.6 Å². The first kappa shape index (κ1) is 27.3. The van der Waals surface area contributed by atoms with E-state index in [9.17, 15) is 9.90 Å². The number of nitrogens with zero attached hydrogens (tertiary/aromatic N) is 3. The number of benzene rings is 2. The quantitative estimate of drug-likeness (QED) is 0.484. The van der Waals surface area contributed by atoms with Crippen LogP contribution in [0.15, 0.2) is 54.6 Å². The zero-order valence-corrected chi connectivity index (χ0v) is 21.7. The maximum absolute atomic E-state index is 12.6. The molecule has 1 amide bonds. The summed E-state index contributed by atoms with van der Waals surface area (Å²) in [4.78, 5) is 18.8. The van der Waals surface area contributed by atoms with Crippen molar-refractivity contribution in [3.8, 4) is 11.5 Å². The van der Waals surface area contributed by atoms with Crippen molar-refractivity contribution in [2.75, 3.05) is 86.0 Å². The number of carbonyl (C=O) groups excluding carboxylic acids is 1. The number of β-amino-alcohol motifs (C(OH)–C–C–N with tert-alkyl or cyclic N) is 1. The number of aliphatic hydroxyl groups is 1. The average Bonchev–Trinajstić information content (AvgIpc) is 3.09. The van der Waals surface area contributed by atoms with Crippen molar-refractivity contribution in [2.45, 2.75) is 12.1 Å². The fourth-order valence-corrected chi connectivity index (χ4v) is 4.70. The summed E-state index contributed by atoms with van der Waals surface area (Å²) in [5.74, 6) is 1.39. The lowest BCUT2D eigenvalue weighted by Crippen LogP contribution is -2.52. The van der Waals surface area contributed by atoms with Gasteiger partial charge < -0.3 is 29.0 Å². The van der Waals surface area contributed by atoms with Crippen LogP contribution in [0.3, 0.4) is 0 Å². The van der Waals surface area contributed by atoms with E-state index in [1.165, 1.54) is 7.11 Å². The van der Waals surface area contributed by atoms with Crippen molar-refractivity contribution in [3.63, 3.8) is 0 Å². The lowest BCUT2D eigenvalue weighted by atomic mass is 10.0. The molecule has 0 bridgehead atoms. The van der Waals surface area contributed by atoms with Gasteiger partial charge in [0.05, 0.1) is 19.8 Å². The molecule has 0 saturated carbocycles. The van der Waals surface area contributed by atoms with Crippen molar-refractivity contribution in [1.82, 2.24) is 14.7 Å². The summed E-state index contributed by atoms with van der Waals surface area (Å²) in [6, 6.07) is 17.5. The third-order valence-corrected chi connectivity index (χ3v) is 6.67. The van der Waals surface area contributed by atoms with E-state index >= 15 is 0 Å². The molecule has 1 unspecified atom stereocenters. The summed E-state index contributed by atoms with van der Waals surface area (Å²) in [5.41, 5.74) is -0.110. The molecule has 4 rings (SSSR count). The summed E-state index contributed by atoms with van der Waals surface area (Å²) < 4.78 is 22.3. The van der Waals surface area contributed by atoms with Crippen LogP contribution in [0.5, 0.6) is 11.5 Å². The Kier molecular flexibility index (Phi) is 10.2. The van der Waals surface area contributed by atoms with Crippen LogP contribution >= 0.6 is 0 Å².